The van der Waals surface area contributed by atoms with Gasteiger partial charge in [-0.05, 0) is 24.3 Å². The van der Waals surface area contributed by atoms with Gasteiger partial charge in [-0.3, -0.25) is 14.9 Å². The monoisotopic (exact) mass is 387 g/mol. The van der Waals surface area contributed by atoms with Crippen molar-refractivity contribution in [1.29, 1.82) is 5.26 Å². The molecule has 0 bridgehead atoms. The van der Waals surface area contributed by atoms with E-state index in [1.54, 1.807) is 19.2 Å². The Kier molecular flexibility index (Phi) is 4.75. The van der Waals surface area contributed by atoms with Gasteiger partial charge in [0, 0.05) is 30.3 Å². The summed E-state index contributed by atoms with van der Waals surface area (Å²) in [5.74, 6) is 0.656. The van der Waals surface area contributed by atoms with Crippen LogP contribution in [0.1, 0.15) is 5.76 Å². The number of hydrogen-bond donors (Lipinski definition) is 0. The minimum atomic E-state index is -0.536. The zero-order valence-electron chi connectivity index (χ0n) is 13.3. The van der Waals surface area contributed by atoms with E-state index in [2.05, 4.69) is 0 Å². The van der Waals surface area contributed by atoms with Crippen LogP contribution < -0.4 is 14.8 Å². The second-order valence-electron chi connectivity index (χ2n) is 5.21. The number of rotatable bonds is 3. The Labute approximate surface area is 155 Å². The molecule has 26 heavy (non-hydrogen) atoms. The molecule has 2 aromatic heterocycles. The summed E-state index contributed by atoms with van der Waals surface area (Å²) in [6.07, 6.45) is 2.82. The van der Waals surface area contributed by atoms with Crippen LogP contribution in [0.5, 0.6) is 0 Å². The first-order chi connectivity index (χ1) is 12.4. The van der Waals surface area contributed by atoms with Crippen molar-refractivity contribution in [2.45, 2.75) is 0 Å². The van der Waals surface area contributed by atoms with Crippen LogP contribution in [0.2, 0.25) is 5.02 Å². The largest absolute Gasteiger partial charge is 0.456 e. The normalized spacial score (nSPS) is 12.3. The van der Waals surface area contributed by atoms with E-state index in [1.807, 2.05) is 6.07 Å². The molecule has 0 unspecified atom stereocenters. The molecule has 1 aromatic carbocycles. The number of nitrogens with zero attached hydrogens (tertiary/aromatic N) is 3. The molecule has 0 spiro atoms. The van der Waals surface area contributed by atoms with Crippen LogP contribution in [0.4, 0.5) is 5.69 Å². The quantitative estimate of drug-likeness (QED) is 0.507. The molecule has 2 heterocycles. The van der Waals surface area contributed by atoms with Crippen LogP contribution in [0.15, 0.2) is 39.5 Å². The van der Waals surface area contributed by atoms with Crippen LogP contribution in [-0.4, -0.2) is 9.49 Å². The van der Waals surface area contributed by atoms with E-state index in [1.165, 1.54) is 34.9 Å². The second kappa shape index (κ2) is 7.00. The Bertz CT molecular complexity index is 1230. The molecule has 0 atom stereocenters. The van der Waals surface area contributed by atoms with Gasteiger partial charge in [-0.15, -0.1) is 11.3 Å². The summed E-state index contributed by atoms with van der Waals surface area (Å²) in [4.78, 5) is 22.9. The summed E-state index contributed by atoms with van der Waals surface area (Å²) in [6.45, 7) is 0. The highest BCUT2D eigenvalue weighted by Crippen LogP contribution is 2.33. The molecule has 0 saturated heterocycles. The number of furan rings is 1. The molecule has 0 aliphatic rings. The molecule has 7 nitrogen and oxygen atoms in total. The van der Waals surface area contributed by atoms with Crippen molar-refractivity contribution in [3.05, 3.63) is 70.8 Å². The lowest BCUT2D eigenvalue weighted by atomic mass is 10.1. The molecule has 9 heteroatoms. The Morgan fingerprint density at radius 1 is 1.38 bits per heavy atom. The summed E-state index contributed by atoms with van der Waals surface area (Å²) >= 11 is 6.97. The first-order valence-electron chi connectivity index (χ1n) is 7.22. The number of benzene rings is 1. The molecule has 0 aliphatic carbocycles. The van der Waals surface area contributed by atoms with Crippen LogP contribution in [-0.2, 0) is 7.05 Å². The van der Waals surface area contributed by atoms with Gasteiger partial charge >= 0.3 is 0 Å². The van der Waals surface area contributed by atoms with Gasteiger partial charge in [-0.1, -0.05) is 11.6 Å². The molecule has 0 aliphatic heterocycles. The van der Waals surface area contributed by atoms with Crippen molar-refractivity contribution in [3.63, 3.8) is 0 Å². The first-order valence-corrected chi connectivity index (χ1v) is 8.41. The number of hydrogen-bond acceptors (Lipinski definition) is 6. The minimum Gasteiger partial charge on any atom is -0.456 e. The van der Waals surface area contributed by atoms with E-state index >= 15 is 0 Å². The highest BCUT2D eigenvalue weighted by atomic mass is 35.5. The van der Waals surface area contributed by atoms with E-state index in [9.17, 15) is 14.9 Å². The third-order valence-corrected chi connectivity index (χ3v) is 4.92. The summed E-state index contributed by atoms with van der Waals surface area (Å²) in [6, 6.07) is 9.38. The Morgan fingerprint density at radius 3 is 2.85 bits per heavy atom. The zero-order valence-corrected chi connectivity index (χ0v) is 14.9. The molecule has 0 saturated carbocycles. The topological polar surface area (TPSA) is 102 Å². The third-order valence-electron chi connectivity index (χ3n) is 3.57. The van der Waals surface area contributed by atoms with Crippen LogP contribution in [0, 0.1) is 21.4 Å². The molecule has 0 radical (unpaired) electrons. The lowest BCUT2D eigenvalue weighted by Gasteiger charge is -2.00. The van der Waals surface area contributed by atoms with Gasteiger partial charge in [-0.25, -0.2) is 0 Å². The number of nitriles is 1. The molecule has 130 valence electrons. The molecule has 0 N–H and O–H groups in total. The molecule has 0 amide bonds. The molecule has 3 aromatic rings. The van der Waals surface area contributed by atoms with Crippen molar-refractivity contribution < 1.29 is 9.34 Å². The number of halogens is 1. The minimum absolute atomic E-state index is 0.170. The summed E-state index contributed by atoms with van der Waals surface area (Å²) < 4.78 is 7.92. The zero-order chi connectivity index (χ0) is 18.8. The fraction of sp³-hybridized carbons (Fsp3) is 0.0588. The number of aromatic nitrogens is 1. The third kappa shape index (κ3) is 3.31. The Hall–Kier alpha value is -3.15. The van der Waals surface area contributed by atoms with Gasteiger partial charge in [-0.2, -0.15) is 5.26 Å². The van der Waals surface area contributed by atoms with Crippen molar-refractivity contribution >= 4 is 40.8 Å². The molecule has 0 fully saturated rings. The van der Waals surface area contributed by atoms with E-state index in [-0.39, 0.29) is 27.6 Å². The van der Waals surface area contributed by atoms with Crippen LogP contribution in [0.3, 0.4) is 0 Å². The second-order valence-corrected chi connectivity index (χ2v) is 6.71. The molecular formula is C17H10ClN3O4S. The summed E-state index contributed by atoms with van der Waals surface area (Å²) in [7, 11) is 1.57. The maximum Gasteiger partial charge on any atom is 0.281 e. The fourth-order valence-corrected chi connectivity index (χ4v) is 3.45. The lowest BCUT2D eigenvalue weighted by Crippen LogP contribution is -2.28. The summed E-state index contributed by atoms with van der Waals surface area (Å²) in [5.41, 5.74) is -0.139. The van der Waals surface area contributed by atoms with Gasteiger partial charge in [0.05, 0.1) is 21.1 Å². The molecular weight excluding hydrogens is 378 g/mol. The van der Waals surface area contributed by atoms with Gasteiger partial charge < -0.3 is 8.98 Å². The predicted molar refractivity (Wildman–Crippen MR) is 98.3 cm³/mol. The van der Waals surface area contributed by atoms with Gasteiger partial charge in [0.25, 0.3) is 11.2 Å². The fourth-order valence-electron chi connectivity index (χ4n) is 2.33. The van der Waals surface area contributed by atoms with E-state index in [0.717, 1.165) is 11.3 Å². The maximum absolute atomic E-state index is 12.2. The van der Waals surface area contributed by atoms with E-state index in [0.29, 0.717) is 15.0 Å². The first kappa shape index (κ1) is 17.7. The van der Waals surface area contributed by atoms with Crippen molar-refractivity contribution in [1.82, 2.24) is 4.57 Å². The van der Waals surface area contributed by atoms with Crippen molar-refractivity contribution in [2.24, 2.45) is 7.05 Å². The number of nitro benzene ring substituents is 1. The Morgan fingerprint density at radius 2 is 2.15 bits per heavy atom. The lowest BCUT2D eigenvalue weighted by molar-refractivity contribution is -0.384. The van der Waals surface area contributed by atoms with E-state index < -0.39 is 4.92 Å². The van der Waals surface area contributed by atoms with Crippen LogP contribution in [0.25, 0.3) is 23.5 Å². The maximum atomic E-state index is 12.2. The number of thiazole rings is 1. The van der Waals surface area contributed by atoms with Crippen molar-refractivity contribution in [3.8, 4) is 17.4 Å². The van der Waals surface area contributed by atoms with Crippen molar-refractivity contribution in [2.75, 3.05) is 0 Å². The summed E-state index contributed by atoms with van der Waals surface area (Å²) in [5, 5.41) is 20.2. The smallest absolute Gasteiger partial charge is 0.281 e. The Balaban J connectivity index is 2.10. The average molecular weight is 388 g/mol. The highest BCUT2D eigenvalue weighted by Gasteiger charge is 2.18. The SMILES string of the molecule is Cn1c(=O)/c(=C\c2ccc(-c3ccc(Cl)cc3[N+](=O)[O-])o2)s/c1=C\C#N. The van der Waals surface area contributed by atoms with Gasteiger partial charge in [0.1, 0.15) is 16.2 Å². The molecule has 3 rings (SSSR count). The predicted octanol–water partition coefficient (Wildman–Crippen LogP) is 2.40. The standard InChI is InChI=1S/C17H10ClN3O4S/c1-20-16(6-7-19)26-15(17(20)22)9-11-3-5-14(25-11)12-4-2-10(18)8-13(12)21(23)24/h2-6,8-9H,1H3/b15-9+,16-6-. The number of nitro groups is 1. The van der Waals surface area contributed by atoms with E-state index in [4.69, 9.17) is 21.3 Å². The highest BCUT2D eigenvalue weighted by molar-refractivity contribution is 7.07. The average Bonchev–Trinajstić information content (AvgIpc) is 3.16. The van der Waals surface area contributed by atoms with Gasteiger partial charge in [0.15, 0.2) is 0 Å². The van der Waals surface area contributed by atoms with Crippen LogP contribution >= 0.6 is 22.9 Å². The van der Waals surface area contributed by atoms with Gasteiger partial charge in [0.2, 0.25) is 0 Å².